The maximum absolute atomic E-state index is 12.9. The summed E-state index contributed by atoms with van der Waals surface area (Å²) in [7, 11) is 0. The molecule has 2 nitrogen and oxygen atoms in total. The molecule has 0 bridgehead atoms. The van der Waals surface area contributed by atoms with E-state index in [-0.39, 0.29) is 5.82 Å². The average Bonchev–Trinajstić information content (AvgIpc) is 2.54. The first-order chi connectivity index (χ1) is 10.7. The van der Waals surface area contributed by atoms with Crippen molar-refractivity contribution < 1.29 is 14.2 Å². The Kier molecular flexibility index (Phi) is 4.86. The van der Waals surface area contributed by atoms with Crippen molar-refractivity contribution in [1.82, 2.24) is 0 Å². The highest BCUT2D eigenvalue weighted by molar-refractivity contribution is 5.20. The summed E-state index contributed by atoms with van der Waals surface area (Å²) in [4.78, 5) is 3.28. The molecule has 0 atom stereocenters. The van der Waals surface area contributed by atoms with Crippen LogP contribution in [0, 0.1) is 12.7 Å². The zero-order chi connectivity index (χ0) is 15.4. The summed E-state index contributed by atoms with van der Waals surface area (Å²) in [5.41, 5.74) is 3.99. The first kappa shape index (κ1) is 15.2. The highest BCUT2D eigenvalue weighted by Crippen LogP contribution is 2.02. The molecule has 2 N–H and O–H groups in total. The van der Waals surface area contributed by atoms with Gasteiger partial charge in [-0.25, -0.2) is 4.39 Å². The van der Waals surface area contributed by atoms with Crippen molar-refractivity contribution in [2.45, 2.75) is 20.0 Å². The molecule has 2 aromatic carbocycles. The predicted molar refractivity (Wildman–Crippen MR) is 86.4 cm³/mol. The molecule has 1 heterocycles. The van der Waals surface area contributed by atoms with E-state index >= 15 is 0 Å². The zero-order valence-electron chi connectivity index (χ0n) is 13.2. The van der Waals surface area contributed by atoms with Gasteiger partial charge in [0.2, 0.25) is 0 Å². The number of hydrogen-bond donors (Lipinski definition) is 2. The molecule has 0 aromatic heterocycles. The number of rotatable bonds is 4. The van der Waals surface area contributed by atoms with Crippen molar-refractivity contribution in [2.24, 2.45) is 0 Å². The van der Waals surface area contributed by atoms with Crippen LogP contribution in [-0.2, 0) is 13.1 Å². The fourth-order valence-electron chi connectivity index (χ4n) is 3.20. The van der Waals surface area contributed by atoms with Crippen molar-refractivity contribution >= 4 is 0 Å². The van der Waals surface area contributed by atoms with Crippen LogP contribution in [-0.4, -0.2) is 26.2 Å². The molecule has 3 heteroatoms. The molecule has 1 saturated heterocycles. The zero-order valence-corrected chi connectivity index (χ0v) is 13.2. The highest BCUT2D eigenvalue weighted by atomic mass is 19.1. The lowest BCUT2D eigenvalue weighted by molar-refractivity contribution is -1.02. The van der Waals surface area contributed by atoms with Gasteiger partial charge in [-0.05, 0) is 19.1 Å². The second-order valence-corrected chi connectivity index (χ2v) is 6.47. The van der Waals surface area contributed by atoms with Crippen LogP contribution < -0.4 is 9.80 Å². The number of hydrogen-bond acceptors (Lipinski definition) is 0. The molecule has 22 heavy (non-hydrogen) atoms. The molecule has 2 aromatic rings. The van der Waals surface area contributed by atoms with Crippen LogP contribution in [0.1, 0.15) is 16.7 Å². The van der Waals surface area contributed by atoms with Gasteiger partial charge in [0.25, 0.3) is 0 Å². The monoisotopic (exact) mass is 300 g/mol. The molecule has 1 aliphatic heterocycles. The summed E-state index contributed by atoms with van der Waals surface area (Å²) in [5, 5.41) is 0. The Labute approximate surface area is 132 Å². The van der Waals surface area contributed by atoms with E-state index in [2.05, 4.69) is 31.2 Å². The van der Waals surface area contributed by atoms with Gasteiger partial charge in [0, 0.05) is 11.1 Å². The summed E-state index contributed by atoms with van der Waals surface area (Å²) >= 11 is 0. The summed E-state index contributed by atoms with van der Waals surface area (Å²) in [6.07, 6.45) is 0. The Hall–Kier alpha value is -1.71. The average molecular weight is 300 g/mol. The number of piperazine rings is 1. The van der Waals surface area contributed by atoms with Crippen molar-refractivity contribution in [3.63, 3.8) is 0 Å². The van der Waals surface area contributed by atoms with Gasteiger partial charge >= 0.3 is 0 Å². The highest BCUT2D eigenvalue weighted by Gasteiger charge is 2.22. The van der Waals surface area contributed by atoms with Crippen LogP contribution in [0.4, 0.5) is 4.39 Å². The normalized spacial score (nSPS) is 21.7. The summed E-state index contributed by atoms with van der Waals surface area (Å²) in [6, 6.07) is 15.8. The van der Waals surface area contributed by atoms with Gasteiger partial charge in [-0.15, -0.1) is 0 Å². The largest absolute Gasteiger partial charge is 0.322 e. The van der Waals surface area contributed by atoms with Crippen molar-refractivity contribution in [3.05, 3.63) is 71.0 Å². The minimum Gasteiger partial charge on any atom is -0.322 e. The standard InChI is InChI=1S/C19H23FN2/c1-16-2-4-17(5-3-16)14-21-10-12-22(13-11-21)15-18-6-8-19(20)9-7-18/h2-9H,10-15H2,1H3/p+2. The Morgan fingerprint density at radius 2 is 1.14 bits per heavy atom. The van der Waals surface area contributed by atoms with Crippen LogP contribution >= 0.6 is 0 Å². The second-order valence-electron chi connectivity index (χ2n) is 6.47. The van der Waals surface area contributed by atoms with Gasteiger partial charge < -0.3 is 9.80 Å². The molecule has 3 rings (SSSR count). The summed E-state index contributed by atoms with van der Waals surface area (Å²) < 4.78 is 12.9. The summed E-state index contributed by atoms with van der Waals surface area (Å²) in [5.74, 6) is -0.147. The molecule has 1 aliphatic rings. The van der Waals surface area contributed by atoms with E-state index in [9.17, 15) is 4.39 Å². The number of halogens is 1. The Morgan fingerprint density at radius 1 is 0.727 bits per heavy atom. The molecule has 0 aliphatic carbocycles. The van der Waals surface area contributed by atoms with E-state index < -0.39 is 0 Å². The minimum absolute atomic E-state index is 0.147. The third-order valence-electron chi connectivity index (χ3n) is 4.61. The molecule has 116 valence electrons. The van der Waals surface area contributed by atoms with Crippen molar-refractivity contribution in [1.29, 1.82) is 0 Å². The molecular formula is C19H25FN2+2. The van der Waals surface area contributed by atoms with Gasteiger partial charge in [0.15, 0.2) is 0 Å². The quantitative estimate of drug-likeness (QED) is 0.819. The predicted octanol–water partition coefficient (Wildman–Crippen LogP) is 0.618. The van der Waals surface area contributed by atoms with E-state index in [1.54, 1.807) is 21.9 Å². The molecule has 0 amide bonds. The maximum Gasteiger partial charge on any atom is 0.127 e. The van der Waals surface area contributed by atoms with Crippen LogP contribution in [0.25, 0.3) is 0 Å². The van der Waals surface area contributed by atoms with Crippen LogP contribution in [0.15, 0.2) is 48.5 Å². The van der Waals surface area contributed by atoms with E-state index in [4.69, 9.17) is 0 Å². The van der Waals surface area contributed by atoms with Crippen LogP contribution in [0.3, 0.4) is 0 Å². The van der Waals surface area contributed by atoms with E-state index in [0.29, 0.717) is 0 Å². The Balaban J connectivity index is 1.47. The SMILES string of the molecule is Cc1ccc(C[NH+]2CC[NH+](Cc3ccc(F)cc3)CC2)cc1. The van der Waals surface area contributed by atoms with Gasteiger partial charge in [-0.1, -0.05) is 42.0 Å². The molecule has 0 spiro atoms. The molecule has 0 unspecified atom stereocenters. The van der Waals surface area contributed by atoms with Gasteiger partial charge in [-0.3, -0.25) is 0 Å². The van der Waals surface area contributed by atoms with E-state index in [1.807, 2.05) is 12.1 Å². The Morgan fingerprint density at radius 3 is 1.59 bits per heavy atom. The van der Waals surface area contributed by atoms with E-state index in [1.165, 1.54) is 42.9 Å². The van der Waals surface area contributed by atoms with Crippen LogP contribution in [0.5, 0.6) is 0 Å². The number of nitrogens with one attached hydrogen (secondary N) is 2. The van der Waals surface area contributed by atoms with E-state index in [0.717, 1.165) is 13.1 Å². The topological polar surface area (TPSA) is 8.88 Å². The number of aryl methyl sites for hydroxylation is 1. The molecule has 0 radical (unpaired) electrons. The first-order valence-corrected chi connectivity index (χ1v) is 8.16. The molecule has 0 saturated carbocycles. The lowest BCUT2D eigenvalue weighted by Crippen LogP contribution is -3.27. The van der Waals surface area contributed by atoms with Gasteiger partial charge in [0.1, 0.15) is 45.1 Å². The summed E-state index contributed by atoms with van der Waals surface area (Å²) in [6.45, 7) is 9.09. The lowest BCUT2D eigenvalue weighted by atomic mass is 10.1. The fourth-order valence-corrected chi connectivity index (χ4v) is 3.20. The minimum atomic E-state index is -0.147. The first-order valence-electron chi connectivity index (χ1n) is 8.16. The van der Waals surface area contributed by atoms with Gasteiger partial charge in [-0.2, -0.15) is 0 Å². The molecule has 1 fully saturated rings. The number of quaternary nitrogens is 2. The third kappa shape index (κ3) is 4.15. The smallest absolute Gasteiger partial charge is 0.127 e. The third-order valence-corrected chi connectivity index (χ3v) is 4.61. The van der Waals surface area contributed by atoms with Crippen LogP contribution in [0.2, 0.25) is 0 Å². The van der Waals surface area contributed by atoms with Gasteiger partial charge in [0.05, 0.1) is 0 Å². The maximum atomic E-state index is 12.9. The second kappa shape index (κ2) is 7.03. The van der Waals surface area contributed by atoms with Crippen molar-refractivity contribution in [2.75, 3.05) is 26.2 Å². The Bertz CT molecular complexity index is 528. The fraction of sp³-hybridized carbons (Fsp3) is 0.368. The van der Waals surface area contributed by atoms with Crippen molar-refractivity contribution in [3.8, 4) is 0 Å². The number of benzene rings is 2. The molecular weight excluding hydrogens is 275 g/mol. The lowest BCUT2D eigenvalue weighted by Gasteiger charge is -2.29.